The molecule has 0 radical (unpaired) electrons. The summed E-state index contributed by atoms with van der Waals surface area (Å²) in [7, 11) is 2.09. The summed E-state index contributed by atoms with van der Waals surface area (Å²) < 4.78 is 3.32. The third-order valence-electron chi connectivity index (χ3n) is 2.73. The molecule has 2 aromatic rings. The van der Waals surface area contributed by atoms with E-state index in [9.17, 15) is 0 Å². The van der Waals surface area contributed by atoms with Crippen LogP contribution in [-0.4, -0.2) is 11.1 Å². The minimum atomic E-state index is 0.699. The van der Waals surface area contributed by atoms with Gasteiger partial charge in [0.15, 0.2) is 0 Å². The highest BCUT2D eigenvalue weighted by Gasteiger charge is 2.08. The van der Waals surface area contributed by atoms with Gasteiger partial charge >= 0.3 is 0 Å². The lowest BCUT2D eigenvalue weighted by Crippen LogP contribution is -2.01. The Morgan fingerprint density at radius 1 is 1.40 bits per heavy atom. The van der Waals surface area contributed by atoms with Crippen LogP contribution in [0.25, 0.3) is 10.9 Å². The van der Waals surface area contributed by atoms with E-state index >= 15 is 0 Å². The van der Waals surface area contributed by atoms with E-state index < -0.39 is 0 Å². The molecule has 0 bridgehead atoms. The monoisotopic (exact) mass is 266 g/mol. The maximum Gasteiger partial charge on any atom is 0.0511 e. The van der Waals surface area contributed by atoms with Crippen molar-refractivity contribution >= 4 is 26.8 Å². The van der Waals surface area contributed by atoms with Gasteiger partial charge in [0.25, 0.3) is 0 Å². The van der Waals surface area contributed by atoms with E-state index in [2.05, 4.69) is 52.8 Å². The number of nitrogens with zero attached hydrogens (tertiary/aromatic N) is 1. The molecule has 0 saturated carbocycles. The van der Waals surface area contributed by atoms with Gasteiger partial charge in [0.05, 0.1) is 5.52 Å². The summed E-state index contributed by atoms with van der Waals surface area (Å²) >= 11 is 3.54. The number of aryl methyl sites for hydroxylation is 2. The summed E-state index contributed by atoms with van der Waals surface area (Å²) in [5.41, 5.74) is 9.55. The van der Waals surface area contributed by atoms with Gasteiger partial charge in [-0.2, -0.15) is 0 Å². The van der Waals surface area contributed by atoms with Crippen LogP contribution in [0.1, 0.15) is 11.1 Å². The minimum Gasteiger partial charge on any atom is -0.350 e. The summed E-state index contributed by atoms with van der Waals surface area (Å²) in [4.78, 5) is 0. The van der Waals surface area contributed by atoms with Gasteiger partial charge in [-0.3, -0.25) is 0 Å². The van der Waals surface area contributed by atoms with Crippen LogP contribution in [0, 0.1) is 6.92 Å². The van der Waals surface area contributed by atoms with Gasteiger partial charge in [-0.25, -0.2) is 0 Å². The van der Waals surface area contributed by atoms with Crippen LogP contribution in [0.15, 0.2) is 22.8 Å². The molecule has 1 aromatic carbocycles. The third-order valence-corrected chi connectivity index (χ3v) is 3.18. The second-order valence-electron chi connectivity index (χ2n) is 3.92. The van der Waals surface area contributed by atoms with E-state index in [4.69, 9.17) is 5.73 Å². The Morgan fingerprint density at radius 2 is 2.13 bits per heavy atom. The average Bonchev–Trinajstić information content (AvgIpc) is 2.43. The zero-order chi connectivity index (χ0) is 11.0. The van der Waals surface area contributed by atoms with E-state index in [0.29, 0.717) is 6.54 Å². The van der Waals surface area contributed by atoms with Crippen molar-refractivity contribution in [3.8, 4) is 0 Å². The van der Waals surface area contributed by atoms with Crippen molar-refractivity contribution in [3.05, 3.63) is 33.9 Å². The van der Waals surface area contributed by atoms with E-state index in [0.717, 1.165) is 10.9 Å². The fraction of sp³-hybridized carbons (Fsp3) is 0.333. The summed E-state index contributed by atoms with van der Waals surface area (Å²) in [5.74, 6) is 0. The number of hydrogen-bond acceptors (Lipinski definition) is 1. The lowest BCUT2D eigenvalue weighted by Gasteiger charge is -2.02. The maximum absolute atomic E-state index is 5.62. The van der Waals surface area contributed by atoms with E-state index in [1.54, 1.807) is 0 Å². The minimum absolute atomic E-state index is 0.699. The number of halogens is 1. The van der Waals surface area contributed by atoms with Crippen LogP contribution in [0.4, 0.5) is 0 Å². The second-order valence-corrected chi connectivity index (χ2v) is 4.84. The maximum atomic E-state index is 5.62. The average molecular weight is 267 g/mol. The second kappa shape index (κ2) is 3.99. The number of fused-ring (bicyclic) bond motifs is 1. The Kier molecular flexibility index (Phi) is 2.85. The van der Waals surface area contributed by atoms with E-state index in [-0.39, 0.29) is 0 Å². The molecule has 2 rings (SSSR count). The number of rotatable bonds is 2. The topological polar surface area (TPSA) is 30.9 Å². The highest BCUT2D eigenvalue weighted by atomic mass is 79.9. The molecule has 0 aliphatic carbocycles. The zero-order valence-electron chi connectivity index (χ0n) is 9.05. The molecule has 0 saturated heterocycles. The molecule has 0 atom stereocenters. The van der Waals surface area contributed by atoms with Crippen LogP contribution < -0.4 is 5.73 Å². The van der Waals surface area contributed by atoms with Crippen LogP contribution in [-0.2, 0) is 13.5 Å². The summed E-state index contributed by atoms with van der Waals surface area (Å²) in [5, 5.41) is 1.31. The normalized spacial score (nSPS) is 11.2. The molecule has 0 amide bonds. The first-order valence-electron chi connectivity index (χ1n) is 5.07. The molecular formula is C12H15BrN2. The fourth-order valence-electron chi connectivity index (χ4n) is 2.17. The third kappa shape index (κ3) is 1.82. The standard InChI is InChI=1S/C12H15BrN2/c1-8-5-10(13)6-11-9(3-4-14)7-15(2)12(8)11/h5-7H,3-4,14H2,1-2H3. The summed E-state index contributed by atoms with van der Waals surface area (Å²) in [6.07, 6.45) is 3.12. The summed E-state index contributed by atoms with van der Waals surface area (Å²) in [6, 6.07) is 4.32. The molecule has 2 N–H and O–H groups in total. The molecule has 0 spiro atoms. The van der Waals surface area contributed by atoms with Crippen molar-refractivity contribution in [1.82, 2.24) is 4.57 Å². The van der Waals surface area contributed by atoms with Gasteiger partial charge < -0.3 is 10.3 Å². The predicted molar refractivity (Wildman–Crippen MR) is 68.1 cm³/mol. The predicted octanol–water partition coefficient (Wildman–Crippen LogP) is 2.75. The number of benzene rings is 1. The van der Waals surface area contributed by atoms with Gasteiger partial charge in [-0.05, 0) is 43.1 Å². The Labute approximate surface area is 98.2 Å². The zero-order valence-corrected chi connectivity index (χ0v) is 10.6. The van der Waals surface area contributed by atoms with Crippen molar-refractivity contribution in [1.29, 1.82) is 0 Å². The highest BCUT2D eigenvalue weighted by Crippen LogP contribution is 2.27. The van der Waals surface area contributed by atoms with Crippen LogP contribution in [0.5, 0.6) is 0 Å². The SMILES string of the molecule is Cc1cc(Br)cc2c(CCN)cn(C)c12. The number of hydrogen-bond donors (Lipinski definition) is 1. The molecule has 80 valence electrons. The van der Waals surface area contributed by atoms with Gasteiger partial charge in [0.2, 0.25) is 0 Å². The molecule has 0 aliphatic rings. The Hall–Kier alpha value is -0.800. The molecule has 1 aromatic heterocycles. The van der Waals surface area contributed by atoms with Crippen molar-refractivity contribution in [2.45, 2.75) is 13.3 Å². The van der Waals surface area contributed by atoms with Gasteiger partial charge in [-0.1, -0.05) is 15.9 Å². The number of aromatic nitrogens is 1. The Balaban J connectivity index is 2.75. The molecule has 15 heavy (non-hydrogen) atoms. The molecule has 3 heteroatoms. The molecule has 0 unspecified atom stereocenters. The van der Waals surface area contributed by atoms with Gasteiger partial charge in [-0.15, -0.1) is 0 Å². The van der Waals surface area contributed by atoms with Crippen molar-refractivity contribution in [2.24, 2.45) is 12.8 Å². The largest absolute Gasteiger partial charge is 0.350 e. The van der Waals surface area contributed by atoms with Gasteiger partial charge in [0, 0.05) is 23.1 Å². The van der Waals surface area contributed by atoms with Crippen molar-refractivity contribution in [2.75, 3.05) is 6.54 Å². The first kappa shape index (κ1) is 10.7. The molecule has 0 aliphatic heterocycles. The van der Waals surface area contributed by atoms with Crippen LogP contribution >= 0.6 is 15.9 Å². The van der Waals surface area contributed by atoms with Crippen molar-refractivity contribution in [3.63, 3.8) is 0 Å². The fourth-order valence-corrected chi connectivity index (χ4v) is 2.74. The van der Waals surface area contributed by atoms with Crippen molar-refractivity contribution < 1.29 is 0 Å². The number of nitrogens with two attached hydrogens (primary N) is 1. The van der Waals surface area contributed by atoms with Crippen LogP contribution in [0.3, 0.4) is 0 Å². The summed E-state index contributed by atoms with van der Waals surface area (Å²) in [6.45, 7) is 2.84. The first-order valence-corrected chi connectivity index (χ1v) is 5.87. The Bertz CT molecular complexity index is 500. The quantitative estimate of drug-likeness (QED) is 0.891. The lowest BCUT2D eigenvalue weighted by molar-refractivity contribution is 0.927. The smallest absolute Gasteiger partial charge is 0.0511 e. The van der Waals surface area contributed by atoms with E-state index in [1.165, 1.54) is 22.0 Å². The lowest BCUT2D eigenvalue weighted by atomic mass is 10.1. The molecule has 2 nitrogen and oxygen atoms in total. The molecule has 1 heterocycles. The van der Waals surface area contributed by atoms with Crippen LogP contribution in [0.2, 0.25) is 0 Å². The molecular weight excluding hydrogens is 252 g/mol. The van der Waals surface area contributed by atoms with E-state index in [1.807, 2.05) is 0 Å². The van der Waals surface area contributed by atoms with Gasteiger partial charge in [0.1, 0.15) is 0 Å². The highest BCUT2D eigenvalue weighted by molar-refractivity contribution is 9.10. The molecule has 0 fully saturated rings. The first-order chi connectivity index (χ1) is 7.13. The Morgan fingerprint density at radius 3 is 2.80 bits per heavy atom.